The van der Waals surface area contributed by atoms with E-state index in [0.717, 1.165) is 17.1 Å². The van der Waals surface area contributed by atoms with E-state index in [1.807, 2.05) is 13.8 Å². The van der Waals surface area contributed by atoms with Crippen LogP contribution in [0.15, 0.2) is 36.5 Å². The van der Waals surface area contributed by atoms with Crippen molar-refractivity contribution in [2.75, 3.05) is 18.5 Å². The molecule has 0 spiro atoms. The summed E-state index contributed by atoms with van der Waals surface area (Å²) < 4.78 is 5.37. The lowest BCUT2D eigenvalue weighted by molar-refractivity contribution is -0.140. The topological polar surface area (TPSA) is 87.7 Å². The predicted octanol–water partition coefficient (Wildman–Crippen LogP) is 2.51. The molecule has 7 nitrogen and oxygen atoms in total. The zero-order chi connectivity index (χ0) is 18.4. The molecule has 1 aliphatic rings. The van der Waals surface area contributed by atoms with Gasteiger partial charge in [0.25, 0.3) is 0 Å². The number of benzene rings is 1. The summed E-state index contributed by atoms with van der Waals surface area (Å²) in [4.78, 5) is 37.6. The summed E-state index contributed by atoms with van der Waals surface area (Å²) >= 11 is 0. The fourth-order valence-corrected chi connectivity index (χ4v) is 2.51. The number of hydrogen-bond donors (Lipinski definition) is 2. The molecule has 0 radical (unpaired) electrons. The Morgan fingerprint density at radius 3 is 2.52 bits per heavy atom. The smallest absolute Gasteiger partial charge is 0.330 e. The van der Waals surface area contributed by atoms with Crippen molar-refractivity contribution in [1.82, 2.24) is 10.2 Å². The molecule has 0 aliphatic carbocycles. The fourth-order valence-electron chi connectivity index (χ4n) is 2.51. The van der Waals surface area contributed by atoms with E-state index in [-0.39, 0.29) is 12.2 Å². The molecule has 2 rings (SSSR count). The maximum Gasteiger partial charge on any atom is 0.330 e. The summed E-state index contributed by atoms with van der Waals surface area (Å²) in [6.45, 7) is 8.51. The van der Waals surface area contributed by atoms with Gasteiger partial charge in [-0.2, -0.15) is 0 Å². The Morgan fingerprint density at radius 1 is 1.24 bits per heavy atom. The van der Waals surface area contributed by atoms with Gasteiger partial charge in [0.15, 0.2) is 5.92 Å². The van der Waals surface area contributed by atoms with Crippen LogP contribution in [-0.2, 0) is 9.59 Å². The Kier molecular flexibility index (Phi) is 6.16. The largest absolute Gasteiger partial charge is 0.494 e. The molecule has 0 aromatic heterocycles. The summed E-state index contributed by atoms with van der Waals surface area (Å²) in [5.74, 6) is -1.63. The highest BCUT2D eigenvalue weighted by molar-refractivity contribution is 6.17. The Morgan fingerprint density at radius 2 is 1.92 bits per heavy atom. The van der Waals surface area contributed by atoms with Crippen LogP contribution < -0.4 is 15.4 Å². The lowest BCUT2D eigenvalue weighted by atomic mass is 10.0. The number of hydrogen-bond acceptors (Lipinski definition) is 5. The minimum absolute atomic E-state index is 0.223. The van der Waals surface area contributed by atoms with Crippen LogP contribution in [-0.4, -0.2) is 35.9 Å². The van der Waals surface area contributed by atoms with Crippen LogP contribution in [0.3, 0.4) is 0 Å². The second-order valence-corrected chi connectivity index (χ2v) is 5.68. The number of barbiturate groups is 1. The van der Waals surface area contributed by atoms with Gasteiger partial charge in [-0.3, -0.25) is 19.8 Å². The molecular weight excluding hydrogens is 322 g/mol. The van der Waals surface area contributed by atoms with E-state index in [9.17, 15) is 14.4 Å². The summed E-state index contributed by atoms with van der Waals surface area (Å²) in [6.07, 6.45) is 1.51. The van der Waals surface area contributed by atoms with Gasteiger partial charge in [0.1, 0.15) is 5.75 Å². The van der Waals surface area contributed by atoms with Gasteiger partial charge in [0.05, 0.1) is 6.61 Å². The van der Waals surface area contributed by atoms with Crippen LogP contribution in [0.1, 0.15) is 26.7 Å². The number of carbonyl (C=O) groups is 3. The van der Waals surface area contributed by atoms with E-state index in [2.05, 4.69) is 17.2 Å². The van der Waals surface area contributed by atoms with E-state index in [0.29, 0.717) is 18.7 Å². The molecule has 2 N–H and O–H groups in total. The lowest BCUT2D eigenvalue weighted by Gasteiger charge is -2.31. The van der Waals surface area contributed by atoms with Crippen molar-refractivity contribution < 1.29 is 19.1 Å². The van der Waals surface area contributed by atoms with Crippen LogP contribution in [0.5, 0.6) is 5.75 Å². The second-order valence-electron chi connectivity index (χ2n) is 5.68. The number of anilines is 1. The average Bonchev–Trinajstić information content (AvgIpc) is 2.56. The number of ether oxygens (including phenoxy) is 1. The molecule has 1 fully saturated rings. The first-order valence-corrected chi connectivity index (χ1v) is 8.32. The van der Waals surface area contributed by atoms with Crippen molar-refractivity contribution in [3.05, 3.63) is 36.5 Å². The molecule has 134 valence electrons. The quantitative estimate of drug-likeness (QED) is 0.707. The standard InChI is InChI=1S/C18H23N3O4/c1-4-6-11-21-17(23)15(16(22)20-18(21)24)12(3)19-13-7-9-14(10-8-13)25-5-2/h7-10,15,19H,3-6,11H2,1-2H3,(H,20,22,24)/t15-/m0/s1. The number of rotatable bonds is 8. The van der Waals surface area contributed by atoms with E-state index in [4.69, 9.17) is 4.74 Å². The first-order chi connectivity index (χ1) is 12.0. The van der Waals surface area contributed by atoms with Crippen LogP contribution in [0.4, 0.5) is 10.5 Å². The highest BCUT2D eigenvalue weighted by Crippen LogP contribution is 2.22. The van der Waals surface area contributed by atoms with Crippen LogP contribution in [0.25, 0.3) is 0 Å². The van der Waals surface area contributed by atoms with E-state index < -0.39 is 23.8 Å². The first-order valence-electron chi connectivity index (χ1n) is 8.32. The molecule has 1 atom stereocenters. The van der Waals surface area contributed by atoms with Gasteiger partial charge in [-0.25, -0.2) is 4.79 Å². The molecule has 0 saturated carbocycles. The monoisotopic (exact) mass is 345 g/mol. The number of carbonyl (C=O) groups excluding carboxylic acids is 3. The van der Waals surface area contributed by atoms with Crippen LogP contribution in [0.2, 0.25) is 0 Å². The second kappa shape index (κ2) is 8.32. The first kappa shape index (κ1) is 18.5. The number of urea groups is 1. The molecule has 1 aliphatic heterocycles. The normalized spacial score (nSPS) is 17.3. The van der Waals surface area contributed by atoms with Gasteiger partial charge in [0.2, 0.25) is 11.8 Å². The SMILES string of the molecule is C=C(Nc1ccc(OCC)cc1)[C@H]1C(=O)NC(=O)N(CCCC)C1=O. The van der Waals surface area contributed by atoms with Gasteiger partial charge in [0, 0.05) is 17.9 Å². The minimum atomic E-state index is -1.14. The Hall–Kier alpha value is -2.83. The van der Waals surface area contributed by atoms with Gasteiger partial charge in [-0.1, -0.05) is 19.9 Å². The zero-order valence-electron chi connectivity index (χ0n) is 14.5. The third-order valence-corrected chi connectivity index (χ3v) is 3.80. The lowest BCUT2D eigenvalue weighted by Crippen LogP contribution is -2.58. The molecule has 1 saturated heterocycles. The molecule has 1 heterocycles. The van der Waals surface area contributed by atoms with Crippen LogP contribution in [0, 0.1) is 5.92 Å². The number of unbranched alkanes of at least 4 members (excludes halogenated alkanes) is 1. The Balaban J connectivity index is 2.09. The third-order valence-electron chi connectivity index (χ3n) is 3.80. The average molecular weight is 345 g/mol. The van der Waals surface area contributed by atoms with Crippen molar-refractivity contribution in [3.8, 4) is 5.75 Å². The molecule has 1 aromatic carbocycles. The molecule has 7 heteroatoms. The third kappa shape index (κ3) is 4.37. The van der Waals surface area contributed by atoms with Gasteiger partial charge >= 0.3 is 6.03 Å². The van der Waals surface area contributed by atoms with Gasteiger partial charge in [-0.05, 0) is 37.6 Å². The van der Waals surface area contributed by atoms with Crippen molar-refractivity contribution in [2.24, 2.45) is 5.92 Å². The summed E-state index contributed by atoms with van der Waals surface area (Å²) in [7, 11) is 0. The molecule has 0 unspecified atom stereocenters. The summed E-state index contributed by atoms with van der Waals surface area (Å²) in [5, 5.41) is 5.18. The zero-order valence-corrected chi connectivity index (χ0v) is 14.5. The fraction of sp³-hybridized carbons (Fsp3) is 0.389. The van der Waals surface area contributed by atoms with Gasteiger partial charge in [-0.15, -0.1) is 0 Å². The molecule has 4 amide bonds. The van der Waals surface area contributed by atoms with Crippen molar-refractivity contribution in [2.45, 2.75) is 26.7 Å². The highest BCUT2D eigenvalue weighted by Gasteiger charge is 2.41. The molecule has 1 aromatic rings. The predicted molar refractivity (Wildman–Crippen MR) is 94.0 cm³/mol. The van der Waals surface area contributed by atoms with Crippen LogP contribution >= 0.6 is 0 Å². The highest BCUT2D eigenvalue weighted by atomic mass is 16.5. The minimum Gasteiger partial charge on any atom is -0.494 e. The van der Waals surface area contributed by atoms with Crippen molar-refractivity contribution >= 4 is 23.5 Å². The van der Waals surface area contributed by atoms with Crippen molar-refractivity contribution in [3.63, 3.8) is 0 Å². The van der Waals surface area contributed by atoms with Crippen molar-refractivity contribution in [1.29, 1.82) is 0 Å². The number of imide groups is 2. The van der Waals surface area contributed by atoms with E-state index in [1.165, 1.54) is 0 Å². The number of amides is 4. The number of nitrogens with zero attached hydrogens (tertiary/aromatic N) is 1. The Bertz CT molecular complexity index is 669. The molecule has 25 heavy (non-hydrogen) atoms. The van der Waals surface area contributed by atoms with Gasteiger partial charge < -0.3 is 10.1 Å². The van der Waals surface area contributed by atoms with E-state index in [1.54, 1.807) is 24.3 Å². The maximum absolute atomic E-state index is 12.5. The maximum atomic E-state index is 12.5. The summed E-state index contributed by atoms with van der Waals surface area (Å²) in [5.41, 5.74) is 0.895. The summed E-state index contributed by atoms with van der Waals surface area (Å²) in [6, 6.07) is 6.41. The Labute approximate surface area is 147 Å². The molecular formula is C18H23N3O4. The van der Waals surface area contributed by atoms with E-state index >= 15 is 0 Å². The number of nitrogens with one attached hydrogen (secondary N) is 2. The molecule has 0 bridgehead atoms.